The first kappa shape index (κ1) is 19.0. The average molecular weight is 405 g/mol. The van der Waals surface area contributed by atoms with Gasteiger partial charge in [-0.15, -0.1) is 0 Å². The fourth-order valence-corrected chi connectivity index (χ4v) is 2.82. The van der Waals surface area contributed by atoms with Gasteiger partial charge in [0.25, 0.3) is 5.91 Å². The van der Waals surface area contributed by atoms with Crippen LogP contribution in [0.15, 0.2) is 39.9 Å². The molecule has 132 valence electrons. The first-order chi connectivity index (χ1) is 12.0. The Kier molecular flexibility index (Phi) is 6.58. The summed E-state index contributed by atoms with van der Waals surface area (Å²) in [4.78, 5) is 12.3. The van der Waals surface area contributed by atoms with E-state index in [1.807, 2.05) is 39.0 Å². The van der Waals surface area contributed by atoms with Gasteiger partial charge in [0.2, 0.25) is 0 Å². The van der Waals surface area contributed by atoms with Gasteiger partial charge in [-0.3, -0.25) is 4.79 Å². The molecule has 0 heterocycles. The standard InChI is InChI=1S/C19H21BrN2O3/c1-5-25-18-16(20)9-14(10-17(18)24-4)19(23)22-21-11-15-8-12(2)6-7-13(15)3/h6-11H,5H2,1-4H3,(H,22,23)/b21-11-. The number of carbonyl (C=O) groups is 1. The van der Waals surface area contributed by atoms with Gasteiger partial charge in [-0.1, -0.05) is 23.8 Å². The maximum absolute atomic E-state index is 12.3. The summed E-state index contributed by atoms with van der Waals surface area (Å²) in [6.07, 6.45) is 1.64. The van der Waals surface area contributed by atoms with Crippen LogP contribution >= 0.6 is 15.9 Å². The van der Waals surface area contributed by atoms with Crippen molar-refractivity contribution >= 4 is 28.1 Å². The van der Waals surface area contributed by atoms with E-state index in [0.717, 1.165) is 16.7 Å². The van der Waals surface area contributed by atoms with Gasteiger partial charge in [0.1, 0.15) is 0 Å². The Hall–Kier alpha value is -2.34. The zero-order chi connectivity index (χ0) is 18.4. The van der Waals surface area contributed by atoms with Gasteiger partial charge in [-0.05, 0) is 60.0 Å². The molecule has 0 saturated carbocycles. The number of methoxy groups -OCH3 is 1. The van der Waals surface area contributed by atoms with Crippen molar-refractivity contribution in [3.05, 3.63) is 57.1 Å². The molecular weight excluding hydrogens is 384 g/mol. The van der Waals surface area contributed by atoms with Crippen LogP contribution in [0.25, 0.3) is 0 Å². The highest BCUT2D eigenvalue weighted by molar-refractivity contribution is 9.10. The van der Waals surface area contributed by atoms with Gasteiger partial charge in [-0.2, -0.15) is 5.10 Å². The second-order valence-corrected chi connectivity index (χ2v) is 6.34. The number of aryl methyl sites for hydroxylation is 2. The van der Waals surface area contributed by atoms with Crippen LogP contribution in [0.2, 0.25) is 0 Å². The van der Waals surface area contributed by atoms with Crippen LogP contribution in [0.5, 0.6) is 11.5 Å². The fraction of sp³-hybridized carbons (Fsp3) is 0.263. The summed E-state index contributed by atoms with van der Waals surface area (Å²) >= 11 is 3.41. The number of carbonyl (C=O) groups excluding carboxylic acids is 1. The van der Waals surface area contributed by atoms with E-state index in [0.29, 0.717) is 28.1 Å². The van der Waals surface area contributed by atoms with E-state index in [9.17, 15) is 4.79 Å². The Morgan fingerprint density at radius 2 is 2.04 bits per heavy atom. The van der Waals surface area contributed by atoms with Crippen LogP contribution in [-0.2, 0) is 0 Å². The molecule has 6 heteroatoms. The van der Waals surface area contributed by atoms with Crippen molar-refractivity contribution in [1.29, 1.82) is 0 Å². The molecule has 0 aliphatic rings. The molecule has 0 aliphatic heterocycles. The lowest BCUT2D eigenvalue weighted by Crippen LogP contribution is -2.18. The summed E-state index contributed by atoms with van der Waals surface area (Å²) in [7, 11) is 1.53. The van der Waals surface area contributed by atoms with E-state index in [-0.39, 0.29) is 5.91 Å². The summed E-state index contributed by atoms with van der Waals surface area (Å²) in [6, 6.07) is 9.37. The Morgan fingerprint density at radius 3 is 2.72 bits per heavy atom. The summed E-state index contributed by atoms with van der Waals surface area (Å²) in [5, 5.41) is 4.05. The van der Waals surface area contributed by atoms with Gasteiger partial charge >= 0.3 is 0 Å². The van der Waals surface area contributed by atoms with E-state index >= 15 is 0 Å². The summed E-state index contributed by atoms with van der Waals surface area (Å²) in [5.74, 6) is 0.726. The van der Waals surface area contributed by atoms with Crippen molar-refractivity contribution in [2.45, 2.75) is 20.8 Å². The monoisotopic (exact) mass is 404 g/mol. The van der Waals surface area contributed by atoms with Crippen LogP contribution in [0.3, 0.4) is 0 Å². The minimum atomic E-state index is -0.330. The van der Waals surface area contributed by atoms with Crippen molar-refractivity contribution < 1.29 is 14.3 Å². The fourth-order valence-electron chi connectivity index (χ4n) is 2.26. The lowest BCUT2D eigenvalue weighted by Gasteiger charge is -2.12. The number of hydrazone groups is 1. The Labute approximate surface area is 156 Å². The van der Waals surface area contributed by atoms with E-state index in [1.54, 1.807) is 18.3 Å². The van der Waals surface area contributed by atoms with Crippen molar-refractivity contribution in [2.24, 2.45) is 5.10 Å². The molecule has 2 rings (SSSR count). The number of hydrogen-bond acceptors (Lipinski definition) is 4. The molecule has 0 radical (unpaired) electrons. The van der Waals surface area contributed by atoms with Crippen LogP contribution in [0.1, 0.15) is 34.0 Å². The first-order valence-corrected chi connectivity index (χ1v) is 8.66. The zero-order valence-corrected chi connectivity index (χ0v) is 16.3. The Bertz CT molecular complexity index is 803. The molecule has 0 fully saturated rings. The molecule has 0 atom stereocenters. The molecule has 2 aromatic rings. The molecule has 1 N–H and O–H groups in total. The topological polar surface area (TPSA) is 59.9 Å². The molecule has 0 spiro atoms. The average Bonchev–Trinajstić information content (AvgIpc) is 2.59. The van der Waals surface area contributed by atoms with Gasteiger partial charge < -0.3 is 9.47 Å². The number of rotatable bonds is 6. The maximum Gasteiger partial charge on any atom is 0.271 e. The van der Waals surface area contributed by atoms with Crippen LogP contribution in [0.4, 0.5) is 0 Å². The van der Waals surface area contributed by atoms with E-state index in [2.05, 4.69) is 26.5 Å². The lowest BCUT2D eigenvalue weighted by molar-refractivity contribution is 0.0954. The minimum Gasteiger partial charge on any atom is -0.493 e. The highest BCUT2D eigenvalue weighted by Crippen LogP contribution is 2.36. The van der Waals surface area contributed by atoms with Gasteiger partial charge in [0.05, 0.1) is 24.4 Å². The molecule has 0 unspecified atom stereocenters. The molecule has 0 aromatic heterocycles. The highest BCUT2D eigenvalue weighted by Gasteiger charge is 2.15. The van der Waals surface area contributed by atoms with E-state index in [1.165, 1.54) is 7.11 Å². The quantitative estimate of drug-likeness (QED) is 0.578. The summed E-state index contributed by atoms with van der Waals surface area (Å²) < 4.78 is 11.5. The van der Waals surface area contributed by atoms with E-state index in [4.69, 9.17) is 9.47 Å². The van der Waals surface area contributed by atoms with Crippen LogP contribution < -0.4 is 14.9 Å². The molecule has 2 aromatic carbocycles. The lowest BCUT2D eigenvalue weighted by atomic mass is 10.1. The predicted molar refractivity (Wildman–Crippen MR) is 103 cm³/mol. The van der Waals surface area contributed by atoms with Gasteiger partial charge in [0, 0.05) is 5.56 Å². The van der Waals surface area contributed by atoms with E-state index < -0.39 is 0 Å². The molecule has 0 saturated heterocycles. The molecule has 1 amide bonds. The molecule has 0 aliphatic carbocycles. The number of ether oxygens (including phenoxy) is 2. The minimum absolute atomic E-state index is 0.330. The maximum atomic E-state index is 12.3. The zero-order valence-electron chi connectivity index (χ0n) is 14.7. The third-order valence-corrected chi connectivity index (χ3v) is 4.17. The van der Waals surface area contributed by atoms with Crippen molar-refractivity contribution in [3.63, 3.8) is 0 Å². The molecule has 25 heavy (non-hydrogen) atoms. The Balaban J connectivity index is 2.17. The van der Waals surface area contributed by atoms with Gasteiger partial charge in [-0.25, -0.2) is 5.43 Å². The third-order valence-electron chi connectivity index (χ3n) is 3.58. The van der Waals surface area contributed by atoms with Crippen molar-refractivity contribution in [1.82, 2.24) is 5.43 Å². The number of hydrogen-bond donors (Lipinski definition) is 1. The summed E-state index contributed by atoms with van der Waals surface area (Å²) in [5.41, 5.74) is 6.15. The number of halogens is 1. The normalized spacial score (nSPS) is 10.8. The number of nitrogens with zero attached hydrogens (tertiary/aromatic N) is 1. The largest absolute Gasteiger partial charge is 0.493 e. The second-order valence-electron chi connectivity index (χ2n) is 5.48. The molecular formula is C19H21BrN2O3. The number of benzene rings is 2. The molecule has 5 nitrogen and oxygen atoms in total. The smallest absolute Gasteiger partial charge is 0.271 e. The molecule has 0 bridgehead atoms. The predicted octanol–water partition coefficient (Wildman–Crippen LogP) is 4.24. The number of amides is 1. The second kappa shape index (κ2) is 8.67. The third kappa shape index (κ3) is 4.82. The SMILES string of the molecule is CCOc1c(Br)cc(C(=O)N/N=C\c2cc(C)ccc2C)cc1OC. The van der Waals surface area contributed by atoms with Crippen molar-refractivity contribution in [2.75, 3.05) is 13.7 Å². The van der Waals surface area contributed by atoms with Gasteiger partial charge in [0.15, 0.2) is 11.5 Å². The Morgan fingerprint density at radius 1 is 1.28 bits per heavy atom. The van der Waals surface area contributed by atoms with Crippen LogP contribution in [-0.4, -0.2) is 25.8 Å². The van der Waals surface area contributed by atoms with Crippen LogP contribution in [0, 0.1) is 13.8 Å². The van der Waals surface area contributed by atoms with Crippen molar-refractivity contribution in [3.8, 4) is 11.5 Å². The highest BCUT2D eigenvalue weighted by atomic mass is 79.9. The first-order valence-electron chi connectivity index (χ1n) is 7.87. The summed E-state index contributed by atoms with van der Waals surface area (Å²) in [6.45, 7) is 6.39. The number of nitrogens with one attached hydrogen (secondary N) is 1.